The van der Waals surface area contributed by atoms with Crippen molar-refractivity contribution in [3.05, 3.63) is 11.7 Å². The van der Waals surface area contributed by atoms with Gasteiger partial charge in [-0.2, -0.15) is 4.98 Å². The Morgan fingerprint density at radius 1 is 1.25 bits per heavy atom. The molecule has 88 valence electrons. The standard InChI is InChI=1S/C9H9Cl3N2O2/c10-9(11,12)8-13-7(14-16-8)5-1-3-6(15)4-2-5/h5H,1-4H2. The van der Waals surface area contributed by atoms with Gasteiger partial charge in [0.15, 0.2) is 5.82 Å². The lowest BCUT2D eigenvalue weighted by Gasteiger charge is -2.16. The third-order valence-corrected chi connectivity index (χ3v) is 3.08. The molecule has 1 saturated carbocycles. The molecular weight excluding hydrogens is 274 g/mol. The van der Waals surface area contributed by atoms with Crippen LogP contribution in [-0.2, 0) is 8.59 Å². The molecule has 0 N–H and O–H groups in total. The van der Waals surface area contributed by atoms with Crippen LogP contribution in [0.2, 0.25) is 0 Å². The van der Waals surface area contributed by atoms with E-state index in [1.165, 1.54) is 0 Å². The fraction of sp³-hybridized carbons (Fsp3) is 0.667. The van der Waals surface area contributed by atoms with Crippen LogP contribution in [0.25, 0.3) is 0 Å². The van der Waals surface area contributed by atoms with E-state index in [9.17, 15) is 4.79 Å². The van der Waals surface area contributed by atoms with Crippen LogP contribution >= 0.6 is 34.8 Å². The van der Waals surface area contributed by atoms with Crippen molar-refractivity contribution in [3.63, 3.8) is 0 Å². The highest BCUT2D eigenvalue weighted by Crippen LogP contribution is 2.38. The highest BCUT2D eigenvalue weighted by molar-refractivity contribution is 6.66. The fourth-order valence-electron chi connectivity index (χ4n) is 1.71. The molecular formula is C9H9Cl3N2O2. The molecule has 1 aliphatic rings. The number of nitrogens with zero attached hydrogens (tertiary/aromatic N) is 2. The molecule has 1 aromatic heterocycles. The summed E-state index contributed by atoms with van der Waals surface area (Å²) in [7, 11) is 0. The summed E-state index contributed by atoms with van der Waals surface area (Å²) in [6, 6.07) is 0. The maximum absolute atomic E-state index is 11.1. The summed E-state index contributed by atoms with van der Waals surface area (Å²) in [5.74, 6) is 0.905. The molecule has 0 aromatic carbocycles. The lowest BCUT2D eigenvalue weighted by atomic mass is 9.88. The number of Topliss-reactive ketones (excluding diaryl/α,β-unsaturated/α-hetero) is 1. The summed E-state index contributed by atoms with van der Waals surface area (Å²) in [5, 5.41) is 3.78. The van der Waals surface area contributed by atoms with E-state index < -0.39 is 3.79 Å². The highest BCUT2D eigenvalue weighted by Gasteiger charge is 2.32. The topological polar surface area (TPSA) is 56.0 Å². The first kappa shape index (κ1) is 12.1. The molecule has 7 heteroatoms. The van der Waals surface area contributed by atoms with Crippen LogP contribution in [0.15, 0.2) is 4.52 Å². The first-order valence-electron chi connectivity index (χ1n) is 4.89. The third-order valence-electron chi connectivity index (χ3n) is 2.59. The Morgan fingerprint density at radius 3 is 2.38 bits per heavy atom. The molecule has 0 radical (unpaired) electrons. The van der Waals surface area contributed by atoms with Crippen molar-refractivity contribution in [1.29, 1.82) is 0 Å². The number of carbonyl (C=O) groups is 1. The van der Waals surface area contributed by atoms with E-state index in [0.29, 0.717) is 18.7 Å². The number of alkyl halides is 3. The number of rotatable bonds is 1. The monoisotopic (exact) mass is 282 g/mol. The van der Waals surface area contributed by atoms with E-state index in [0.717, 1.165) is 12.8 Å². The lowest BCUT2D eigenvalue weighted by molar-refractivity contribution is -0.120. The average Bonchev–Trinajstić information content (AvgIpc) is 2.67. The van der Waals surface area contributed by atoms with Gasteiger partial charge in [0.25, 0.3) is 9.68 Å². The van der Waals surface area contributed by atoms with Crippen LogP contribution in [0.1, 0.15) is 43.3 Å². The van der Waals surface area contributed by atoms with Gasteiger partial charge in [0.2, 0.25) is 0 Å². The zero-order valence-corrected chi connectivity index (χ0v) is 10.5. The van der Waals surface area contributed by atoms with Crippen molar-refractivity contribution >= 4 is 40.6 Å². The quantitative estimate of drug-likeness (QED) is 0.743. The SMILES string of the molecule is O=C1CCC(c2noc(C(Cl)(Cl)Cl)n2)CC1. The molecule has 0 atom stereocenters. The second-order valence-corrected chi connectivity index (χ2v) is 6.05. The van der Waals surface area contributed by atoms with Gasteiger partial charge >= 0.3 is 0 Å². The van der Waals surface area contributed by atoms with Gasteiger partial charge < -0.3 is 4.52 Å². The largest absolute Gasteiger partial charge is 0.335 e. The maximum atomic E-state index is 11.1. The molecule has 4 nitrogen and oxygen atoms in total. The summed E-state index contributed by atoms with van der Waals surface area (Å²) < 4.78 is 3.18. The normalized spacial score (nSPS) is 19.1. The minimum Gasteiger partial charge on any atom is -0.335 e. The summed E-state index contributed by atoms with van der Waals surface area (Å²) in [6.45, 7) is 0. The first-order valence-corrected chi connectivity index (χ1v) is 6.02. The van der Waals surface area contributed by atoms with Gasteiger partial charge in [0, 0.05) is 18.8 Å². The van der Waals surface area contributed by atoms with E-state index in [4.69, 9.17) is 39.3 Å². The second kappa shape index (κ2) is 4.51. The molecule has 1 aliphatic carbocycles. The van der Waals surface area contributed by atoms with Gasteiger partial charge in [0.05, 0.1) is 0 Å². The van der Waals surface area contributed by atoms with Gasteiger partial charge in [-0.15, -0.1) is 0 Å². The van der Waals surface area contributed by atoms with Crippen LogP contribution in [0, 0.1) is 0 Å². The molecule has 0 spiro atoms. The Labute approximate surface area is 107 Å². The molecule has 0 aliphatic heterocycles. The van der Waals surface area contributed by atoms with Gasteiger partial charge in [-0.3, -0.25) is 4.79 Å². The van der Waals surface area contributed by atoms with Crippen LogP contribution < -0.4 is 0 Å². The number of carbonyl (C=O) groups excluding carboxylic acids is 1. The fourth-order valence-corrected chi connectivity index (χ4v) is 1.94. The van der Waals surface area contributed by atoms with E-state index in [-0.39, 0.29) is 17.6 Å². The van der Waals surface area contributed by atoms with E-state index in [1.54, 1.807) is 0 Å². The third kappa shape index (κ3) is 2.67. The Hall–Kier alpha value is -0.320. The minimum atomic E-state index is -1.68. The molecule has 0 saturated heterocycles. The van der Waals surface area contributed by atoms with Crippen LogP contribution in [0.5, 0.6) is 0 Å². The Kier molecular flexibility index (Phi) is 3.42. The van der Waals surface area contributed by atoms with E-state index in [2.05, 4.69) is 10.1 Å². The van der Waals surface area contributed by atoms with Crippen molar-refractivity contribution < 1.29 is 9.32 Å². The van der Waals surface area contributed by atoms with Crippen LogP contribution in [-0.4, -0.2) is 15.9 Å². The minimum absolute atomic E-state index is 0.0237. The lowest BCUT2D eigenvalue weighted by Crippen LogP contribution is -2.13. The average molecular weight is 284 g/mol. The maximum Gasteiger partial charge on any atom is 0.278 e. The highest BCUT2D eigenvalue weighted by atomic mass is 35.6. The Bertz CT molecular complexity index is 390. The number of hydrogen-bond donors (Lipinski definition) is 0. The van der Waals surface area contributed by atoms with Crippen molar-refractivity contribution in [1.82, 2.24) is 10.1 Å². The number of halogens is 3. The predicted octanol–water partition coefficient (Wildman–Crippen LogP) is 3.12. The van der Waals surface area contributed by atoms with Gasteiger partial charge in [-0.1, -0.05) is 40.0 Å². The Morgan fingerprint density at radius 2 is 1.88 bits per heavy atom. The van der Waals surface area contributed by atoms with Crippen LogP contribution in [0.3, 0.4) is 0 Å². The summed E-state index contributed by atoms with van der Waals surface area (Å²) in [6.07, 6.45) is 2.58. The summed E-state index contributed by atoms with van der Waals surface area (Å²) >= 11 is 16.8. The number of ketones is 1. The molecule has 0 bridgehead atoms. The summed E-state index contributed by atoms with van der Waals surface area (Å²) in [4.78, 5) is 15.1. The number of aromatic nitrogens is 2. The molecule has 1 aromatic rings. The zero-order valence-electron chi connectivity index (χ0n) is 8.25. The van der Waals surface area contributed by atoms with Gasteiger partial charge in [-0.25, -0.2) is 0 Å². The van der Waals surface area contributed by atoms with Crippen LogP contribution in [0.4, 0.5) is 0 Å². The smallest absolute Gasteiger partial charge is 0.278 e. The Balaban J connectivity index is 2.10. The molecule has 2 rings (SSSR count). The molecule has 16 heavy (non-hydrogen) atoms. The van der Waals surface area contributed by atoms with Gasteiger partial charge in [0.1, 0.15) is 5.78 Å². The molecule has 0 unspecified atom stereocenters. The van der Waals surface area contributed by atoms with Crippen molar-refractivity contribution in [2.75, 3.05) is 0 Å². The molecule has 0 amide bonds. The predicted molar refractivity (Wildman–Crippen MR) is 59.8 cm³/mol. The second-order valence-electron chi connectivity index (χ2n) is 3.77. The molecule has 1 heterocycles. The first-order chi connectivity index (χ1) is 7.47. The molecule has 1 fully saturated rings. The van der Waals surface area contributed by atoms with Crippen molar-refractivity contribution in [2.45, 2.75) is 35.4 Å². The zero-order chi connectivity index (χ0) is 11.8. The van der Waals surface area contributed by atoms with E-state index >= 15 is 0 Å². The summed E-state index contributed by atoms with van der Waals surface area (Å²) in [5.41, 5.74) is 0. The van der Waals surface area contributed by atoms with E-state index in [1.807, 2.05) is 0 Å². The van der Waals surface area contributed by atoms with Crippen molar-refractivity contribution in [3.8, 4) is 0 Å². The number of hydrogen-bond acceptors (Lipinski definition) is 4. The van der Waals surface area contributed by atoms with Crippen molar-refractivity contribution in [2.24, 2.45) is 0 Å². The van der Waals surface area contributed by atoms with Gasteiger partial charge in [-0.05, 0) is 12.8 Å².